The number of halogens is 2. The molecular weight excluding hydrogens is 365 g/mol. The summed E-state index contributed by atoms with van der Waals surface area (Å²) in [5, 5.41) is 2.51. The van der Waals surface area contributed by atoms with Gasteiger partial charge in [-0.2, -0.15) is 0 Å². The van der Waals surface area contributed by atoms with E-state index in [0.29, 0.717) is 24.7 Å². The molecule has 0 radical (unpaired) electrons. The monoisotopic (exact) mass is 381 g/mol. The van der Waals surface area contributed by atoms with Crippen LogP contribution >= 0.6 is 23.4 Å². The van der Waals surface area contributed by atoms with E-state index in [0.717, 1.165) is 17.1 Å². The number of carbonyl (C=O) groups excluding carboxylic acids is 1. The second-order valence-electron chi connectivity index (χ2n) is 5.53. The molecule has 1 atom stereocenters. The van der Waals surface area contributed by atoms with Gasteiger partial charge in [-0.15, -0.1) is 11.8 Å². The molecular formula is C18H17ClFNO3S. The van der Waals surface area contributed by atoms with Crippen molar-refractivity contribution in [2.24, 2.45) is 0 Å². The lowest BCUT2D eigenvalue weighted by Gasteiger charge is -2.14. The first-order valence-electron chi connectivity index (χ1n) is 7.85. The van der Waals surface area contributed by atoms with E-state index >= 15 is 0 Å². The van der Waals surface area contributed by atoms with Crippen molar-refractivity contribution in [1.29, 1.82) is 0 Å². The zero-order valence-corrected chi connectivity index (χ0v) is 15.1. The maximum atomic E-state index is 13.1. The molecule has 0 unspecified atom stereocenters. The largest absolute Gasteiger partial charge is 0.490 e. The van der Waals surface area contributed by atoms with Crippen LogP contribution < -0.4 is 14.8 Å². The van der Waals surface area contributed by atoms with Crippen LogP contribution in [0, 0.1) is 5.82 Å². The molecule has 2 aromatic rings. The molecule has 2 aromatic carbocycles. The zero-order chi connectivity index (χ0) is 17.8. The van der Waals surface area contributed by atoms with Crippen molar-refractivity contribution in [1.82, 2.24) is 0 Å². The lowest BCUT2D eigenvalue weighted by Crippen LogP contribution is -2.22. The number of amides is 1. The van der Waals surface area contributed by atoms with Gasteiger partial charge in [-0.05, 0) is 43.3 Å². The number of thioether (sulfide) groups is 1. The van der Waals surface area contributed by atoms with Crippen LogP contribution in [-0.4, -0.2) is 24.4 Å². The smallest absolute Gasteiger partial charge is 0.237 e. The van der Waals surface area contributed by atoms with E-state index in [1.807, 2.05) is 18.2 Å². The second kappa shape index (κ2) is 7.97. The lowest BCUT2D eigenvalue weighted by molar-refractivity contribution is -0.115. The Morgan fingerprint density at radius 1 is 1.20 bits per heavy atom. The van der Waals surface area contributed by atoms with Crippen LogP contribution in [0.3, 0.4) is 0 Å². The Bertz CT molecular complexity index is 787. The van der Waals surface area contributed by atoms with Crippen molar-refractivity contribution in [3.63, 3.8) is 0 Å². The number of hydrogen-bond donors (Lipinski definition) is 1. The van der Waals surface area contributed by atoms with Crippen molar-refractivity contribution in [2.45, 2.75) is 23.5 Å². The summed E-state index contributed by atoms with van der Waals surface area (Å²) in [7, 11) is 0. The molecule has 0 saturated heterocycles. The maximum Gasteiger partial charge on any atom is 0.237 e. The van der Waals surface area contributed by atoms with Gasteiger partial charge in [-0.3, -0.25) is 4.79 Å². The standard InChI is InChI=1S/C18H17ClFNO3S/c1-11(18(22)21-15-5-3-12(20)9-14(15)19)25-13-4-6-16-17(10-13)24-8-2-7-23-16/h3-6,9-11H,2,7-8H2,1H3,(H,21,22)/t11-/m0/s1. The van der Waals surface area contributed by atoms with Gasteiger partial charge >= 0.3 is 0 Å². The van der Waals surface area contributed by atoms with Gasteiger partial charge in [0.05, 0.1) is 29.2 Å². The Hall–Kier alpha value is -1.92. The summed E-state index contributed by atoms with van der Waals surface area (Å²) in [6, 6.07) is 9.49. The quantitative estimate of drug-likeness (QED) is 0.776. The van der Waals surface area contributed by atoms with Crippen LogP contribution in [0.25, 0.3) is 0 Å². The van der Waals surface area contributed by atoms with Crippen molar-refractivity contribution in [3.05, 3.63) is 47.2 Å². The normalized spacial score (nSPS) is 14.5. The summed E-state index contributed by atoms with van der Waals surface area (Å²) in [4.78, 5) is 13.3. The van der Waals surface area contributed by atoms with Crippen molar-refractivity contribution < 1.29 is 18.7 Å². The highest BCUT2D eigenvalue weighted by atomic mass is 35.5. The van der Waals surface area contributed by atoms with Crippen molar-refractivity contribution in [2.75, 3.05) is 18.5 Å². The third-order valence-corrected chi connectivity index (χ3v) is 5.00. The van der Waals surface area contributed by atoms with Crippen LogP contribution in [0.1, 0.15) is 13.3 Å². The Kier molecular flexibility index (Phi) is 5.71. The second-order valence-corrected chi connectivity index (χ2v) is 7.35. The molecule has 0 saturated carbocycles. The number of rotatable bonds is 4. The number of benzene rings is 2. The molecule has 1 aliphatic heterocycles. The van der Waals surface area contributed by atoms with Gasteiger partial charge in [0.2, 0.25) is 5.91 Å². The molecule has 1 amide bonds. The topological polar surface area (TPSA) is 47.6 Å². The minimum atomic E-state index is -0.447. The van der Waals surface area contributed by atoms with Crippen molar-refractivity contribution >= 4 is 35.0 Å². The highest BCUT2D eigenvalue weighted by molar-refractivity contribution is 8.00. The molecule has 1 N–H and O–H groups in total. The van der Waals surface area contributed by atoms with Crippen LogP contribution in [-0.2, 0) is 4.79 Å². The fraction of sp³-hybridized carbons (Fsp3) is 0.278. The number of anilines is 1. The molecule has 7 heteroatoms. The third-order valence-electron chi connectivity index (χ3n) is 3.59. The zero-order valence-electron chi connectivity index (χ0n) is 13.6. The molecule has 0 aromatic heterocycles. The molecule has 132 valence electrons. The molecule has 1 heterocycles. The fourth-order valence-corrected chi connectivity index (χ4v) is 3.41. The average Bonchev–Trinajstić information content (AvgIpc) is 2.82. The lowest BCUT2D eigenvalue weighted by atomic mass is 10.3. The summed E-state index contributed by atoms with van der Waals surface area (Å²) < 4.78 is 24.3. The number of carbonyl (C=O) groups is 1. The van der Waals surface area contributed by atoms with Crippen LogP contribution in [0.5, 0.6) is 11.5 Å². The van der Waals surface area contributed by atoms with Gasteiger partial charge in [0.1, 0.15) is 5.82 Å². The number of ether oxygens (including phenoxy) is 2. The van der Waals surface area contributed by atoms with E-state index in [-0.39, 0.29) is 16.2 Å². The van der Waals surface area contributed by atoms with Gasteiger partial charge in [-0.25, -0.2) is 4.39 Å². The van der Waals surface area contributed by atoms with Gasteiger partial charge in [0.15, 0.2) is 11.5 Å². The Morgan fingerprint density at radius 3 is 2.72 bits per heavy atom. The summed E-state index contributed by atoms with van der Waals surface area (Å²) in [6.07, 6.45) is 0.842. The Morgan fingerprint density at radius 2 is 1.96 bits per heavy atom. The first-order chi connectivity index (χ1) is 12.0. The summed E-state index contributed by atoms with van der Waals surface area (Å²) in [5.74, 6) is 0.747. The number of fused-ring (bicyclic) bond motifs is 1. The van der Waals surface area contributed by atoms with Crippen LogP contribution in [0.4, 0.5) is 10.1 Å². The first-order valence-corrected chi connectivity index (χ1v) is 9.11. The molecule has 0 aliphatic carbocycles. The van der Waals surface area contributed by atoms with E-state index in [1.54, 1.807) is 6.92 Å². The van der Waals surface area contributed by atoms with Crippen molar-refractivity contribution in [3.8, 4) is 11.5 Å². The Balaban J connectivity index is 1.66. The minimum Gasteiger partial charge on any atom is -0.490 e. The van der Waals surface area contributed by atoms with E-state index in [9.17, 15) is 9.18 Å². The van der Waals surface area contributed by atoms with Gasteiger partial charge < -0.3 is 14.8 Å². The Labute approximate surface area is 154 Å². The average molecular weight is 382 g/mol. The molecule has 4 nitrogen and oxygen atoms in total. The molecule has 0 spiro atoms. The summed E-state index contributed by atoms with van der Waals surface area (Å²) >= 11 is 7.34. The van der Waals surface area contributed by atoms with E-state index < -0.39 is 5.82 Å². The van der Waals surface area contributed by atoms with Gasteiger partial charge in [-0.1, -0.05) is 11.6 Å². The highest BCUT2D eigenvalue weighted by Crippen LogP contribution is 2.35. The summed E-state index contributed by atoms with van der Waals surface area (Å²) in [6.45, 7) is 3.04. The van der Waals surface area contributed by atoms with E-state index in [2.05, 4.69) is 5.32 Å². The highest BCUT2D eigenvalue weighted by Gasteiger charge is 2.18. The van der Waals surface area contributed by atoms with Crippen LogP contribution in [0.2, 0.25) is 5.02 Å². The molecule has 1 aliphatic rings. The summed E-state index contributed by atoms with van der Waals surface area (Å²) in [5.41, 5.74) is 0.388. The van der Waals surface area contributed by atoms with Crippen LogP contribution in [0.15, 0.2) is 41.3 Å². The minimum absolute atomic E-state index is 0.168. The molecule has 0 bridgehead atoms. The predicted molar refractivity (Wildman–Crippen MR) is 97.4 cm³/mol. The fourth-order valence-electron chi connectivity index (χ4n) is 2.30. The number of nitrogens with one attached hydrogen (secondary N) is 1. The first kappa shape index (κ1) is 17.9. The SMILES string of the molecule is C[C@H](Sc1ccc2c(c1)OCCCO2)C(=O)Nc1ccc(F)cc1Cl. The van der Waals surface area contributed by atoms with E-state index in [4.69, 9.17) is 21.1 Å². The van der Waals surface area contributed by atoms with Gasteiger partial charge in [0, 0.05) is 11.3 Å². The molecule has 0 fully saturated rings. The maximum absolute atomic E-state index is 13.1. The number of hydrogen-bond acceptors (Lipinski definition) is 4. The molecule has 3 rings (SSSR count). The van der Waals surface area contributed by atoms with E-state index in [1.165, 1.54) is 30.0 Å². The third kappa shape index (κ3) is 4.58. The predicted octanol–water partition coefficient (Wildman–Crippen LogP) is 4.76. The van der Waals surface area contributed by atoms with Gasteiger partial charge in [0.25, 0.3) is 0 Å². The molecule has 25 heavy (non-hydrogen) atoms.